The third-order valence-electron chi connectivity index (χ3n) is 3.20. The smallest absolute Gasteiger partial charge is 0.306 e. The van der Waals surface area contributed by atoms with Gasteiger partial charge in [-0.2, -0.15) is 0 Å². The number of cyclic esters (lactones) is 1. The van der Waals surface area contributed by atoms with Crippen molar-refractivity contribution >= 4 is 5.97 Å². The first-order valence-electron chi connectivity index (χ1n) is 5.96. The molecule has 0 saturated carbocycles. The van der Waals surface area contributed by atoms with Gasteiger partial charge in [-0.3, -0.25) is 4.79 Å². The normalized spacial score (nSPS) is 24.5. The van der Waals surface area contributed by atoms with Gasteiger partial charge >= 0.3 is 5.97 Å². The van der Waals surface area contributed by atoms with E-state index in [4.69, 9.17) is 4.74 Å². The molecule has 0 radical (unpaired) electrons. The average Bonchev–Trinajstić information content (AvgIpc) is 2.61. The summed E-state index contributed by atoms with van der Waals surface area (Å²) in [5.41, 5.74) is 2.48. The van der Waals surface area contributed by atoms with E-state index in [1.165, 1.54) is 11.1 Å². The van der Waals surface area contributed by atoms with Gasteiger partial charge in [-0.05, 0) is 18.9 Å². The highest BCUT2D eigenvalue weighted by molar-refractivity contribution is 5.73. The molecular formula is C14H18O2. The molecule has 0 bridgehead atoms. The van der Waals surface area contributed by atoms with Crippen LogP contribution in [0.5, 0.6) is 0 Å². The highest BCUT2D eigenvalue weighted by Gasteiger charge is 2.34. The topological polar surface area (TPSA) is 26.3 Å². The fourth-order valence-corrected chi connectivity index (χ4v) is 2.30. The number of benzene rings is 1. The lowest BCUT2D eigenvalue weighted by atomic mass is 9.90. The molecule has 1 aliphatic heterocycles. The van der Waals surface area contributed by atoms with Crippen LogP contribution in [0.25, 0.3) is 0 Å². The summed E-state index contributed by atoms with van der Waals surface area (Å²) >= 11 is 0. The number of carbonyl (C=O) groups is 1. The summed E-state index contributed by atoms with van der Waals surface area (Å²) in [6.07, 6.45) is 2.64. The van der Waals surface area contributed by atoms with Crippen molar-refractivity contribution in [1.29, 1.82) is 0 Å². The number of ether oxygens (including phenoxy) is 1. The maximum Gasteiger partial charge on any atom is 0.306 e. The van der Waals surface area contributed by atoms with Crippen molar-refractivity contribution in [3.05, 3.63) is 35.4 Å². The Balaban J connectivity index is 2.18. The van der Waals surface area contributed by atoms with Crippen molar-refractivity contribution in [2.24, 2.45) is 0 Å². The number of carbonyl (C=O) groups excluding carboxylic acids is 1. The molecule has 0 N–H and O–H groups in total. The Labute approximate surface area is 96.6 Å². The van der Waals surface area contributed by atoms with Gasteiger partial charge in [-0.25, -0.2) is 0 Å². The SMILES string of the molecule is CCCC1OC(=O)CC1c1ccc(C)cc1. The Hall–Kier alpha value is -1.31. The van der Waals surface area contributed by atoms with Crippen LogP contribution in [0.2, 0.25) is 0 Å². The fourth-order valence-electron chi connectivity index (χ4n) is 2.30. The third kappa shape index (κ3) is 2.26. The van der Waals surface area contributed by atoms with E-state index in [-0.39, 0.29) is 18.0 Å². The van der Waals surface area contributed by atoms with E-state index in [2.05, 4.69) is 38.1 Å². The number of hydrogen-bond acceptors (Lipinski definition) is 2. The van der Waals surface area contributed by atoms with Crippen LogP contribution in [0, 0.1) is 6.92 Å². The van der Waals surface area contributed by atoms with Crippen molar-refractivity contribution in [3.8, 4) is 0 Å². The fraction of sp³-hybridized carbons (Fsp3) is 0.500. The number of aryl methyl sites for hydroxylation is 1. The third-order valence-corrected chi connectivity index (χ3v) is 3.20. The van der Waals surface area contributed by atoms with Crippen molar-refractivity contribution in [3.63, 3.8) is 0 Å². The maximum absolute atomic E-state index is 11.4. The van der Waals surface area contributed by atoms with Crippen LogP contribution in [-0.4, -0.2) is 12.1 Å². The van der Waals surface area contributed by atoms with Gasteiger partial charge in [0.15, 0.2) is 0 Å². The standard InChI is InChI=1S/C14H18O2/c1-3-4-13-12(9-14(15)16-13)11-7-5-10(2)6-8-11/h5-8,12-13H,3-4,9H2,1-2H3. The summed E-state index contributed by atoms with van der Waals surface area (Å²) < 4.78 is 5.36. The largest absolute Gasteiger partial charge is 0.462 e. The van der Waals surface area contributed by atoms with Crippen LogP contribution in [0.3, 0.4) is 0 Å². The minimum atomic E-state index is -0.0518. The Morgan fingerprint density at radius 1 is 1.31 bits per heavy atom. The number of hydrogen-bond donors (Lipinski definition) is 0. The Kier molecular flexibility index (Phi) is 3.28. The van der Waals surface area contributed by atoms with Gasteiger partial charge in [0.25, 0.3) is 0 Å². The van der Waals surface area contributed by atoms with E-state index in [9.17, 15) is 4.79 Å². The van der Waals surface area contributed by atoms with Gasteiger partial charge in [-0.1, -0.05) is 43.2 Å². The monoisotopic (exact) mass is 218 g/mol. The summed E-state index contributed by atoms with van der Waals surface area (Å²) in [5.74, 6) is 0.206. The lowest BCUT2D eigenvalue weighted by Gasteiger charge is -2.17. The summed E-state index contributed by atoms with van der Waals surface area (Å²) in [7, 11) is 0. The predicted molar refractivity (Wildman–Crippen MR) is 63.3 cm³/mol. The molecule has 2 heteroatoms. The summed E-state index contributed by atoms with van der Waals surface area (Å²) in [4.78, 5) is 11.4. The second kappa shape index (κ2) is 4.69. The lowest BCUT2D eigenvalue weighted by Crippen LogP contribution is -2.14. The van der Waals surface area contributed by atoms with Crippen molar-refractivity contribution < 1.29 is 9.53 Å². The van der Waals surface area contributed by atoms with Crippen molar-refractivity contribution in [2.75, 3.05) is 0 Å². The van der Waals surface area contributed by atoms with Crippen molar-refractivity contribution in [1.82, 2.24) is 0 Å². The van der Waals surface area contributed by atoms with Gasteiger partial charge < -0.3 is 4.74 Å². The van der Waals surface area contributed by atoms with E-state index >= 15 is 0 Å². The van der Waals surface area contributed by atoms with E-state index < -0.39 is 0 Å². The molecule has 1 aliphatic rings. The molecule has 0 amide bonds. The predicted octanol–water partition coefficient (Wildman–Crippen LogP) is 3.19. The molecule has 1 aromatic carbocycles. The summed E-state index contributed by atoms with van der Waals surface area (Å²) in [5, 5.41) is 0. The Morgan fingerprint density at radius 2 is 2.00 bits per heavy atom. The van der Waals surface area contributed by atoms with Gasteiger partial charge in [0, 0.05) is 5.92 Å². The molecule has 1 fully saturated rings. The second-order valence-corrected chi connectivity index (χ2v) is 4.54. The van der Waals surface area contributed by atoms with Gasteiger partial charge in [0.1, 0.15) is 6.10 Å². The molecule has 0 aromatic heterocycles. The first kappa shape index (κ1) is 11.2. The molecular weight excluding hydrogens is 200 g/mol. The molecule has 2 unspecified atom stereocenters. The minimum absolute atomic E-state index is 0.0518. The van der Waals surface area contributed by atoms with Crippen LogP contribution in [0.4, 0.5) is 0 Å². The molecule has 1 heterocycles. The average molecular weight is 218 g/mol. The molecule has 86 valence electrons. The van der Waals surface area contributed by atoms with Crippen LogP contribution in [-0.2, 0) is 9.53 Å². The van der Waals surface area contributed by atoms with E-state index in [0.29, 0.717) is 6.42 Å². The molecule has 0 spiro atoms. The van der Waals surface area contributed by atoms with Crippen LogP contribution in [0.15, 0.2) is 24.3 Å². The highest BCUT2D eigenvalue weighted by Crippen LogP contribution is 2.34. The quantitative estimate of drug-likeness (QED) is 0.728. The summed E-state index contributed by atoms with van der Waals surface area (Å²) in [6.45, 7) is 4.20. The minimum Gasteiger partial charge on any atom is -0.462 e. The number of rotatable bonds is 3. The van der Waals surface area contributed by atoms with Crippen LogP contribution in [0.1, 0.15) is 43.2 Å². The van der Waals surface area contributed by atoms with Crippen LogP contribution >= 0.6 is 0 Å². The lowest BCUT2D eigenvalue weighted by molar-refractivity contribution is -0.141. The summed E-state index contributed by atoms with van der Waals surface area (Å²) in [6, 6.07) is 8.43. The molecule has 16 heavy (non-hydrogen) atoms. The maximum atomic E-state index is 11.4. The van der Waals surface area contributed by atoms with E-state index in [1.54, 1.807) is 0 Å². The molecule has 1 aromatic rings. The van der Waals surface area contributed by atoms with Crippen molar-refractivity contribution in [2.45, 2.75) is 45.1 Å². The van der Waals surface area contributed by atoms with Gasteiger partial charge in [0.05, 0.1) is 6.42 Å². The highest BCUT2D eigenvalue weighted by atomic mass is 16.5. The molecule has 2 rings (SSSR count). The zero-order valence-corrected chi connectivity index (χ0v) is 9.90. The van der Waals surface area contributed by atoms with Gasteiger partial charge in [0.2, 0.25) is 0 Å². The van der Waals surface area contributed by atoms with Crippen LogP contribution < -0.4 is 0 Å². The Bertz CT molecular complexity index is 367. The Morgan fingerprint density at radius 3 is 2.62 bits per heavy atom. The molecule has 2 nitrogen and oxygen atoms in total. The zero-order valence-electron chi connectivity index (χ0n) is 9.90. The zero-order chi connectivity index (χ0) is 11.5. The van der Waals surface area contributed by atoms with E-state index in [1.807, 2.05) is 0 Å². The first-order valence-corrected chi connectivity index (χ1v) is 5.96. The number of esters is 1. The first-order chi connectivity index (χ1) is 7.70. The van der Waals surface area contributed by atoms with Gasteiger partial charge in [-0.15, -0.1) is 0 Å². The second-order valence-electron chi connectivity index (χ2n) is 4.54. The molecule has 1 saturated heterocycles. The van der Waals surface area contributed by atoms with E-state index in [0.717, 1.165) is 12.8 Å². The molecule has 0 aliphatic carbocycles. The molecule has 2 atom stereocenters.